The number of aliphatic carboxylic acids is 1. The van der Waals surface area contributed by atoms with Gasteiger partial charge in [0.1, 0.15) is 18.1 Å². The number of amides is 3. The predicted molar refractivity (Wildman–Crippen MR) is 128 cm³/mol. The number of carbonyl (C=O) groups is 4. The van der Waals surface area contributed by atoms with Crippen LogP contribution in [0.4, 0.5) is 0 Å². The van der Waals surface area contributed by atoms with Gasteiger partial charge in [-0.05, 0) is 56.4 Å². The van der Waals surface area contributed by atoms with Crippen molar-refractivity contribution in [3.8, 4) is 0 Å². The molecule has 0 saturated heterocycles. The van der Waals surface area contributed by atoms with Crippen molar-refractivity contribution in [2.45, 2.75) is 97.8 Å². The highest BCUT2D eigenvalue weighted by Crippen LogP contribution is 2.11. The maximum atomic E-state index is 13.1. The van der Waals surface area contributed by atoms with Gasteiger partial charge in [0.05, 0.1) is 6.04 Å². The smallest absolute Gasteiger partial charge is 0.326 e. The number of nitrogens with one attached hydrogen (secondary N) is 3. The molecule has 0 aromatic carbocycles. The SMILES string of the molecule is CC(C)C[C@H](NC(=O)[C@H](CC(C)C)NC(=O)[C@@H](N)C(C)C)C(=O)N[C@@H](CCCCN)C(=O)O. The highest BCUT2D eigenvalue weighted by Gasteiger charge is 2.31. The lowest BCUT2D eigenvalue weighted by atomic mass is 9.98. The summed E-state index contributed by atoms with van der Waals surface area (Å²) in [6.45, 7) is 11.7. The van der Waals surface area contributed by atoms with Crippen LogP contribution in [0.15, 0.2) is 0 Å². The number of nitrogens with two attached hydrogens (primary N) is 2. The highest BCUT2D eigenvalue weighted by molar-refractivity contribution is 5.94. The molecule has 0 fully saturated rings. The second-order valence-corrected chi connectivity index (χ2v) is 9.84. The standard InChI is InChI=1S/C23H45N5O5/c1-13(2)11-17(20(29)26-16(23(32)33)9-7-8-10-24)27-21(30)18(12-14(3)4)28-22(31)19(25)15(5)6/h13-19H,7-12,24-25H2,1-6H3,(H,26,29)(H,27,30)(H,28,31)(H,32,33)/t16-,17-,18-,19-/m0/s1. The van der Waals surface area contributed by atoms with Gasteiger partial charge in [-0.2, -0.15) is 0 Å². The molecule has 10 heteroatoms. The van der Waals surface area contributed by atoms with Crippen molar-refractivity contribution in [3.05, 3.63) is 0 Å². The van der Waals surface area contributed by atoms with E-state index in [1.165, 1.54) is 0 Å². The van der Waals surface area contributed by atoms with Crippen molar-refractivity contribution >= 4 is 23.7 Å². The third kappa shape index (κ3) is 12.6. The van der Waals surface area contributed by atoms with Crippen LogP contribution in [0.25, 0.3) is 0 Å². The number of hydrogen-bond donors (Lipinski definition) is 6. The third-order valence-corrected chi connectivity index (χ3v) is 5.26. The number of carbonyl (C=O) groups excluding carboxylic acids is 3. The minimum Gasteiger partial charge on any atom is -0.480 e. The van der Waals surface area contributed by atoms with Crippen LogP contribution in [0.1, 0.15) is 73.6 Å². The zero-order valence-corrected chi connectivity index (χ0v) is 21.0. The third-order valence-electron chi connectivity index (χ3n) is 5.26. The van der Waals surface area contributed by atoms with Gasteiger partial charge in [0.25, 0.3) is 0 Å². The van der Waals surface area contributed by atoms with E-state index in [9.17, 15) is 24.3 Å². The molecule has 0 radical (unpaired) electrons. The summed E-state index contributed by atoms with van der Waals surface area (Å²) in [6, 6.07) is -3.61. The molecule has 192 valence electrons. The minimum atomic E-state index is -1.14. The van der Waals surface area contributed by atoms with Crippen molar-refractivity contribution in [2.24, 2.45) is 29.2 Å². The highest BCUT2D eigenvalue weighted by atomic mass is 16.4. The lowest BCUT2D eigenvalue weighted by molar-refractivity contribution is -0.142. The van der Waals surface area contributed by atoms with Gasteiger partial charge in [0.15, 0.2) is 0 Å². The number of rotatable bonds is 16. The molecule has 4 atom stereocenters. The maximum absolute atomic E-state index is 13.1. The fourth-order valence-electron chi connectivity index (χ4n) is 3.27. The Kier molecular flexibility index (Phi) is 14.6. The van der Waals surface area contributed by atoms with Crippen molar-refractivity contribution in [1.82, 2.24) is 16.0 Å². The van der Waals surface area contributed by atoms with E-state index in [1.807, 2.05) is 41.5 Å². The van der Waals surface area contributed by atoms with Gasteiger partial charge >= 0.3 is 5.97 Å². The summed E-state index contributed by atoms with van der Waals surface area (Å²) in [5.41, 5.74) is 11.4. The molecule has 0 aliphatic rings. The van der Waals surface area contributed by atoms with Gasteiger partial charge in [-0.15, -0.1) is 0 Å². The fraction of sp³-hybridized carbons (Fsp3) is 0.826. The van der Waals surface area contributed by atoms with Gasteiger partial charge in [0, 0.05) is 0 Å². The van der Waals surface area contributed by atoms with Crippen LogP contribution in [-0.4, -0.2) is 59.5 Å². The first kappa shape index (κ1) is 30.8. The molecule has 0 aliphatic heterocycles. The van der Waals surface area contributed by atoms with Crippen molar-refractivity contribution in [2.75, 3.05) is 6.54 Å². The molecular weight excluding hydrogens is 426 g/mol. The van der Waals surface area contributed by atoms with Gasteiger partial charge in [-0.1, -0.05) is 41.5 Å². The quantitative estimate of drug-likeness (QED) is 0.180. The van der Waals surface area contributed by atoms with Crippen molar-refractivity contribution < 1.29 is 24.3 Å². The van der Waals surface area contributed by atoms with E-state index >= 15 is 0 Å². The molecule has 0 heterocycles. The predicted octanol–water partition coefficient (Wildman–Crippen LogP) is 0.730. The number of unbranched alkanes of at least 4 members (excludes halogenated alkanes) is 1. The molecule has 0 aliphatic carbocycles. The monoisotopic (exact) mass is 471 g/mol. The van der Waals surface area contributed by atoms with E-state index in [1.54, 1.807) is 0 Å². The molecule has 0 aromatic rings. The van der Waals surface area contributed by atoms with Crippen molar-refractivity contribution in [3.63, 3.8) is 0 Å². The van der Waals surface area contributed by atoms with E-state index in [-0.39, 0.29) is 24.2 Å². The molecular formula is C23H45N5O5. The van der Waals surface area contributed by atoms with Crippen LogP contribution < -0.4 is 27.4 Å². The van der Waals surface area contributed by atoms with Crippen LogP contribution in [-0.2, 0) is 19.2 Å². The second-order valence-electron chi connectivity index (χ2n) is 9.84. The van der Waals surface area contributed by atoms with Crippen LogP contribution in [0.2, 0.25) is 0 Å². The van der Waals surface area contributed by atoms with Gasteiger partial charge in [-0.25, -0.2) is 4.79 Å². The van der Waals surface area contributed by atoms with E-state index < -0.39 is 47.9 Å². The average molecular weight is 472 g/mol. The largest absolute Gasteiger partial charge is 0.480 e. The molecule has 33 heavy (non-hydrogen) atoms. The summed E-state index contributed by atoms with van der Waals surface area (Å²) in [6.07, 6.45) is 2.16. The Morgan fingerprint density at radius 3 is 1.52 bits per heavy atom. The van der Waals surface area contributed by atoms with E-state index in [0.717, 1.165) is 0 Å². The molecule has 0 bridgehead atoms. The summed E-state index contributed by atoms with van der Waals surface area (Å²) in [7, 11) is 0. The summed E-state index contributed by atoms with van der Waals surface area (Å²) < 4.78 is 0. The van der Waals surface area contributed by atoms with E-state index in [2.05, 4.69) is 16.0 Å². The minimum absolute atomic E-state index is 0.0640. The van der Waals surface area contributed by atoms with Gasteiger partial charge in [-0.3, -0.25) is 14.4 Å². The van der Waals surface area contributed by atoms with Gasteiger partial charge in [0.2, 0.25) is 17.7 Å². The first-order chi connectivity index (χ1) is 15.3. The number of carboxylic acids is 1. The maximum Gasteiger partial charge on any atom is 0.326 e. The second kappa shape index (κ2) is 15.6. The lowest BCUT2D eigenvalue weighted by Crippen LogP contribution is -2.58. The van der Waals surface area contributed by atoms with Gasteiger partial charge < -0.3 is 32.5 Å². The lowest BCUT2D eigenvalue weighted by Gasteiger charge is -2.27. The summed E-state index contributed by atoms with van der Waals surface area (Å²) >= 11 is 0. The molecule has 3 amide bonds. The zero-order chi connectivity index (χ0) is 25.7. The zero-order valence-electron chi connectivity index (χ0n) is 21.0. The van der Waals surface area contributed by atoms with Crippen molar-refractivity contribution in [1.29, 1.82) is 0 Å². The molecule has 0 aromatic heterocycles. The Balaban J connectivity index is 5.46. The normalized spacial score (nSPS) is 15.1. The molecule has 0 rings (SSSR count). The summed E-state index contributed by atoms with van der Waals surface area (Å²) in [5, 5.41) is 17.4. The Hall–Kier alpha value is -2.20. The molecule has 8 N–H and O–H groups in total. The fourth-order valence-corrected chi connectivity index (χ4v) is 3.27. The average Bonchev–Trinajstić information content (AvgIpc) is 2.70. The Labute approximate surface area is 198 Å². The molecule has 10 nitrogen and oxygen atoms in total. The van der Waals surface area contributed by atoms with Crippen LogP contribution >= 0.6 is 0 Å². The molecule has 0 saturated carbocycles. The van der Waals surface area contributed by atoms with Crippen LogP contribution in [0, 0.1) is 17.8 Å². The van der Waals surface area contributed by atoms with Crippen LogP contribution in [0.5, 0.6) is 0 Å². The molecule has 0 unspecified atom stereocenters. The van der Waals surface area contributed by atoms with E-state index in [4.69, 9.17) is 11.5 Å². The number of hydrogen-bond acceptors (Lipinski definition) is 6. The molecule has 0 spiro atoms. The Bertz CT molecular complexity index is 639. The van der Waals surface area contributed by atoms with E-state index in [0.29, 0.717) is 32.2 Å². The Morgan fingerprint density at radius 1 is 0.727 bits per heavy atom. The first-order valence-corrected chi connectivity index (χ1v) is 11.9. The topological polar surface area (TPSA) is 177 Å². The van der Waals surface area contributed by atoms with Crippen LogP contribution in [0.3, 0.4) is 0 Å². The summed E-state index contributed by atoms with van der Waals surface area (Å²) in [4.78, 5) is 50.0. The Morgan fingerprint density at radius 2 is 1.15 bits per heavy atom. The summed E-state index contributed by atoms with van der Waals surface area (Å²) in [5.74, 6) is -2.56. The number of carboxylic acid groups (broad SMARTS) is 1. The first-order valence-electron chi connectivity index (χ1n) is 11.9.